The minimum absolute atomic E-state index is 0.203. The minimum atomic E-state index is -2.98. The summed E-state index contributed by atoms with van der Waals surface area (Å²) in [5.41, 5.74) is -0.506. The first-order valence-electron chi connectivity index (χ1n) is 11.3. The lowest BCUT2D eigenvalue weighted by Crippen LogP contribution is -2.37. The van der Waals surface area contributed by atoms with Crippen LogP contribution in [-0.4, -0.2) is 48.7 Å². The van der Waals surface area contributed by atoms with Gasteiger partial charge in [0.1, 0.15) is 11.5 Å². The van der Waals surface area contributed by atoms with Crippen molar-refractivity contribution in [2.45, 2.75) is 25.8 Å². The molecule has 1 atom stereocenters. The van der Waals surface area contributed by atoms with Crippen LogP contribution in [0.3, 0.4) is 0 Å². The first-order valence-corrected chi connectivity index (χ1v) is 11.7. The van der Waals surface area contributed by atoms with E-state index in [4.69, 9.17) is 11.6 Å². The molecule has 1 N–H and O–H groups in total. The van der Waals surface area contributed by atoms with E-state index in [1.165, 1.54) is 6.20 Å². The summed E-state index contributed by atoms with van der Waals surface area (Å²) in [6.07, 6.45) is 6.87. The van der Waals surface area contributed by atoms with Gasteiger partial charge in [0.15, 0.2) is 5.82 Å². The normalized spacial score (nSPS) is 13.9. The molecule has 1 saturated heterocycles. The molecular weight excluding hydrogens is 509 g/mol. The van der Waals surface area contributed by atoms with Gasteiger partial charge in [-0.05, 0) is 19.4 Å². The molecule has 1 aromatic carbocycles. The highest BCUT2D eigenvalue weighted by molar-refractivity contribution is 6.31. The molecule has 0 aliphatic carbocycles. The fraction of sp³-hybridized carbons (Fsp3) is 0.250. The van der Waals surface area contributed by atoms with E-state index in [1.807, 2.05) is 6.92 Å². The van der Waals surface area contributed by atoms with Gasteiger partial charge in [-0.25, -0.2) is 23.1 Å². The van der Waals surface area contributed by atoms with E-state index in [1.54, 1.807) is 23.3 Å². The second kappa shape index (κ2) is 10.1. The molecule has 5 rings (SSSR count). The smallest absolute Gasteiger partial charge is 0.275 e. The van der Waals surface area contributed by atoms with E-state index in [-0.39, 0.29) is 22.5 Å². The number of rotatable bonds is 7. The van der Waals surface area contributed by atoms with E-state index in [0.717, 1.165) is 49.9 Å². The largest absolute Gasteiger partial charge is 0.355 e. The maximum absolute atomic E-state index is 14.6. The lowest BCUT2D eigenvalue weighted by Gasteiger charge is -2.31. The van der Waals surface area contributed by atoms with Crippen molar-refractivity contribution in [2.24, 2.45) is 0 Å². The quantitative estimate of drug-likeness (QED) is 0.363. The lowest BCUT2D eigenvalue weighted by molar-refractivity contribution is 0.102. The van der Waals surface area contributed by atoms with Crippen molar-refractivity contribution < 1.29 is 18.0 Å². The van der Waals surface area contributed by atoms with E-state index < -0.39 is 29.3 Å². The van der Waals surface area contributed by atoms with Gasteiger partial charge in [0.05, 0.1) is 59.1 Å². The van der Waals surface area contributed by atoms with Gasteiger partial charge in [-0.3, -0.25) is 19.4 Å². The number of carbonyl (C=O) groups is 1. The molecular formula is C24H20ClF3N8O. The van der Waals surface area contributed by atoms with Gasteiger partial charge in [0.2, 0.25) is 0 Å². The summed E-state index contributed by atoms with van der Waals surface area (Å²) in [6, 6.07) is 1.79. The maximum Gasteiger partial charge on any atom is 0.275 e. The number of carbonyl (C=O) groups excluding carboxylic acids is 1. The van der Waals surface area contributed by atoms with Gasteiger partial charge in [0, 0.05) is 30.4 Å². The van der Waals surface area contributed by atoms with Crippen LogP contribution in [0.4, 0.5) is 24.7 Å². The van der Waals surface area contributed by atoms with Crippen molar-refractivity contribution in [3.63, 3.8) is 0 Å². The summed E-state index contributed by atoms with van der Waals surface area (Å²) in [5, 5.41) is 6.56. The van der Waals surface area contributed by atoms with Gasteiger partial charge in [-0.2, -0.15) is 5.10 Å². The van der Waals surface area contributed by atoms with Crippen LogP contribution in [0.2, 0.25) is 5.02 Å². The van der Waals surface area contributed by atoms with E-state index >= 15 is 0 Å². The first-order chi connectivity index (χ1) is 17.8. The van der Waals surface area contributed by atoms with Crippen LogP contribution in [0.1, 0.15) is 47.6 Å². The summed E-state index contributed by atoms with van der Waals surface area (Å²) >= 11 is 5.79. The van der Waals surface area contributed by atoms with Gasteiger partial charge < -0.3 is 10.2 Å². The first kappa shape index (κ1) is 24.6. The molecule has 4 aromatic rings. The molecule has 1 aliphatic heterocycles. The fourth-order valence-corrected chi connectivity index (χ4v) is 3.96. The third-order valence-electron chi connectivity index (χ3n) is 6.01. The average Bonchev–Trinajstić information content (AvgIpc) is 3.33. The van der Waals surface area contributed by atoms with Gasteiger partial charge >= 0.3 is 0 Å². The van der Waals surface area contributed by atoms with E-state index in [9.17, 15) is 18.0 Å². The summed E-state index contributed by atoms with van der Waals surface area (Å²) < 4.78 is 43.2. The summed E-state index contributed by atoms with van der Waals surface area (Å²) in [4.78, 5) is 31.8. The molecule has 9 nitrogen and oxygen atoms in total. The molecule has 13 heteroatoms. The summed E-state index contributed by atoms with van der Waals surface area (Å²) in [5.74, 6) is -0.916. The molecule has 4 heterocycles. The number of hydrogen-bond donors (Lipinski definition) is 1. The van der Waals surface area contributed by atoms with Gasteiger partial charge in [0.25, 0.3) is 12.3 Å². The molecule has 3 aromatic heterocycles. The lowest BCUT2D eigenvalue weighted by atomic mass is 10.0. The monoisotopic (exact) mass is 528 g/mol. The van der Waals surface area contributed by atoms with Crippen LogP contribution in [0.5, 0.6) is 0 Å². The Kier molecular flexibility index (Phi) is 6.74. The zero-order chi connectivity index (χ0) is 26.1. The summed E-state index contributed by atoms with van der Waals surface area (Å²) in [7, 11) is 0. The molecule has 37 heavy (non-hydrogen) atoms. The second-order valence-electron chi connectivity index (χ2n) is 8.40. The Balaban J connectivity index is 1.32. The Morgan fingerprint density at radius 2 is 1.92 bits per heavy atom. The Labute approximate surface area is 214 Å². The SMILES string of the molecule is CC(c1cnc(N2CCC2)cn1)n1cc(NC(=O)c2cncc(-c3c(C(F)F)ccc(Cl)c3F)n2)cn1. The number of nitrogens with one attached hydrogen (secondary N) is 1. The molecule has 0 bridgehead atoms. The zero-order valence-corrected chi connectivity index (χ0v) is 20.2. The van der Waals surface area contributed by atoms with Crippen LogP contribution >= 0.6 is 11.6 Å². The van der Waals surface area contributed by atoms with Crippen molar-refractivity contribution in [1.29, 1.82) is 0 Å². The van der Waals surface area contributed by atoms with E-state index in [0.29, 0.717) is 11.4 Å². The molecule has 1 fully saturated rings. The van der Waals surface area contributed by atoms with E-state index in [2.05, 4.69) is 35.3 Å². The number of benzene rings is 1. The fourth-order valence-electron chi connectivity index (χ4n) is 3.80. The third kappa shape index (κ3) is 4.96. The predicted octanol–water partition coefficient (Wildman–Crippen LogP) is 4.93. The van der Waals surface area contributed by atoms with Crippen molar-refractivity contribution >= 4 is 29.0 Å². The number of hydrogen-bond acceptors (Lipinski definition) is 7. The number of aromatic nitrogens is 6. The van der Waals surface area contributed by atoms with Crippen LogP contribution in [0.15, 0.2) is 49.3 Å². The molecule has 0 radical (unpaired) electrons. The second-order valence-corrected chi connectivity index (χ2v) is 8.80. The highest BCUT2D eigenvalue weighted by atomic mass is 35.5. The standard InChI is InChI=1S/C24H20ClF3N8O/c1-13(17-10-31-20(11-30-17)35-5-2-6-35)36-12-14(7-32-36)33-24(37)19-9-29-8-18(34-19)21-15(23(27)28)3-4-16(25)22(21)26/h3-4,7-13,23H,2,5-6H2,1H3,(H,33,37). The van der Waals surface area contributed by atoms with Crippen LogP contribution < -0.4 is 10.2 Å². The van der Waals surface area contributed by atoms with Crippen molar-refractivity contribution in [2.75, 3.05) is 23.3 Å². The summed E-state index contributed by atoms with van der Waals surface area (Å²) in [6.45, 7) is 3.84. The van der Waals surface area contributed by atoms with Crippen molar-refractivity contribution in [1.82, 2.24) is 29.7 Å². The zero-order valence-electron chi connectivity index (χ0n) is 19.4. The Morgan fingerprint density at radius 3 is 2.59 bits per heavy atom. The predicted molar refractivity (Wildman–Crippen MR) is 130 cm³/mol. The topological polar surface area (TPSA) is 102 Å². The van der Waals surface area contributed by atoms with Crippen LogP contribution in [0.25, 0.3) is 11.3 Å². The Morgan fingerprint density at radius 1 is 1.11 bits per heavy atom. The molecule has 1 unspecified atom stereocenters. The average molecular weight is 529 g/mol. The van der Waals surface area contributed by atoms with Gasteiger partial charge in [-0.1, -0.05) is 17.7 Å². The van der Waals surface area contributed by atoms with Crippen LogP contribution in [0, 0.1) is 5.82 Å². The van der Waals surface area contributed by atoms with Gasteiger partial charge in [-0.15, -0.1) is 0 Å². The van der Waals surface area contributed by atoms with Crippen molar-refractivity contribution in [3.05, 3.63) is 77.1 Å². The number of halogens is 4. The maximum atomic E-state index is 14.6. The molecule has 1 amide bonds. The highest BCUT2D eigenvalue weighted by Crippen LogP contribution is 2.35. The number of alkyl halides is 2. The minimum Gasteiger partial charge on any atom is -0.355 e. The Hall–Kier alpha value is -4.06. The molecule has 0 spiro atoms. The molecule has 0 saturated carbocycles. The highest BCUT2D eigenvalue weighted by Gasteiger charge is 2.23. The third-order valence-corrected chi connectivity index (χ3v) is 6.30. The van der Waals surface area contributed by atoms with Crippen molar-refractivity contribution in [3.8, 4) is 11.3 Å². The number of anilines is 2. The molecule has 190 valence electrons. The van der Waals surface area contributed by atoms with Crippen LogP contribution in [-0.2, 0) is 0 Å². The number of nitrogens with zero attached hydrogens (tertiary/aromatic N) is 7. The molecule has 1 aliphatic rings. The Bertz CT molecular complexity index is 1440. The number of amides is 1.